The number of quaternary nitrogens is 1. The minimum atomic E-state index is -1.21. The first-order chi connectivity index (χ1) is 9.06. The van der Waals surface area contributed by atoms with Crippen LogP contribution in [-0.2, 0) is 6.54 Å². The topological polar surface area (TPSA) is 61.9 Å². The van der Waals surface area contributed by atoms with Gasteiger partial charge in [-0.2, -0.15) is 0 Å². The highest BCUT2D eigenvalue weighted by Crippen LogP contribution is 2.13. The van der Waals surface area contributed by atoms with Gasteiger partial charge in [-0.1, -0.05) is 6.07 Å². The van der Waals surface area contributed by atoms with Crippen molar-refractivity contribution in [2.45, 2.75) is 27.3 Å². The molecule has 2 aromatic heterocycles. The zero-order chi connectivity index (χ0) is 14.0. The minimum absolute atomic E-state index is 0.0602. The molecule has 0 spiro atoms. The molecule has 0 atom stereocenters. The molecular formula is C14H19N3O2. The Kier molecular flexibility index (Phi) is 3.85. The monoisotopic (exact) mass is 261 g/mol. The Hall–Kier alpha value is -1.88. The van der Waals surface area contributed by atoms with Gasteiger partial charge in [0.15, 0.2) is 0 Å². The third-order valence-corrected chi connectivity index (χ3v) is 3.48. The van der Waals surface area contributed by atoms with Gasteiger partial charge < -0.3 is 14.8 Å². The van der Waals surface area contributed by atoms with E-state index in [9.17, 15) is 9.90 Å². The number of carbonyl (C=O) groups excluding carboxylic acids is 1. The number of rotatable bonds is 5. The summed E-state index contributed by atoms with van der Waals surface area (Å²) in [5, 5.41) is 11.2. The van der Waals surface area contributed by atoms with Crippen molar-refractivity contribution in [3.63, 3.8) is 0 Å². The minimum Gasteiger partial charge on any atom is -0.543 e. The van der Waals surface area contributed by atoms with E-state index in [1.165, 1.54) is 4.90 Å². The van der Waals surface area contributed by atoms with E-state index >= 15 is 0 Å². The summed E-state index contributed by atoms with van der Waals surface area (Å²) in [7, 11) is 0. The van der Waals surface area contributed by atoms with Gasteiger partial charge in [0.2, 0.25) is 0 Å². The maximum Gasteiger partial charge on any atom is 0.137 e. The van der Waals surface area contributed by atoms with Crippen LogP contribution in [0.5, 0.6) is 0 Å². The fraction of sp³-hybridized carbons (Fsp3) is 0.429. The molecule has 2 heterocycles. The van der Waals surface area contributed by atoms with Crippen molar-refractivity contribution in [3.8, 4) is 0 Å². The number of aryl methyl sites for hydroxylation is 1. The van der Waals surface area contributed by atoms with Crippen LogP contribution in [0.3, 0.4) is 0 Å². The van der Waals surface area contributed by atoms with Crippen LogP contribution in [-0.4, -0.2) is 28.4 Å². The molecule has 102 valence electrons. The number of pyridine rings is 1. The number of fused-ring (bicyclic) bond motifs is 1. The van der Waals surface area contributed by atoms with Crippen molar-refractivity contribution in [1.29, 1.82) is 0 Å². The molecule has 0 aliphatic rings. The second kappa shape index (κ2) is 5.40. The van der Waals surface area contributed by atoms with Gasteiger partial charge in [-0.15, -0.1) is 0 Å². The van der Waals surface area contributed by atoms with Crippen molar-refractivity contribution in [3.05, 3.63) is 35.3 Å². The van der Waals surface area contributed by atoms with Crippen molar-refractivity contribution in [1.82, 2.24) is 9.38 Å². The third-order valence-electron chi connectivity index (χ3n) is 3.48. The molecule has 5 heteroatoms. The van der Waals surface area contributed by atoms with Crippen LogP contribution < -0.4 is 10.0 Å². The number of imidazole rings is 1. The van der Waals surface area contributed by atoms with E-state index in [0.29, 0.717) is 12.2 Å². The van der Waals surface area contributed by atoms with E-state index < -0.39 is 5.97 Å². The van der Waals surface area contributed by atoms with Crippen molar-refractivity contribution in [2.24, 2.45) is 0 Å². The second-order valence-electron chi connectivity index (χ2n) is 4.76. The first-order valence-electron chi connectivity index (χ1n) is 6.59. The van der Waals surface area contributed by atoms with Crippen molar-refractivity contribution >= 4 is 11.6 Å². The molecule has 0 amide bonds. The zero-order valence-corrected chi connectivity index (χ0v) is 11.6. The van der Waals surface area contributed by atoms with Crippen LogP contribution in [0.4, 0.5) is 0 Å². The number of aromatic nitrogens is 2. The number of hydrogen-bond acceptors (Lipinski definition) is 3. The summed E-state index contributed by atoms with van der Waals surface area (Å²) in [6, 6.07) is 3.76. The molecule has 2 rings (SSSR count). The zero-order valence-electron chi connectivity index (χ0n) is 11.6. The maximum atomic E-state index is 11.2. The largest absolute Gasteiger partial charge is 0.543 e. The number of nitrogens with zero attached hydrogens (tertiary/aromatic N) is 2. The molecule has 0 radical (unpaired) electrons. The lowest BCUT2D eigenvalue weighted by Gasteiger charge is -2.16. The second-order valence-corrected chi connectivity index (χ2v) is 4.76. The van der Waals surface area contributed by atoms with Gasteiger partial charge in [-0.05, 0) is 32.4 Å². The van der Waals surface area contributed by atoms with E-state index in [1.807, 2.05) is 29.7 Å². The average molecular weight is 261 g/mol. The highest BCUT2D eigenvalue weighted by molar-refractivity contribution is 5.86. The SMILES string of the molecule is CC[NH+](CC)Cc1c(C(=O)[O-])nc2ccc(C)cn12. The molecule has 0 unspecified atom stereocenters. The average Bonchev–Trinajstić information content (AvgIpc) is 2.74. The van der Waals surface area contributed by atoms with E-state index in [2.05, 4.69) is 18.8 Å². The number of aromatic carboxylic acids is 1. The van der Waals surface area contributed by atoms with Crippen LogP contribution in [0.15, 0.2) is 18.3 Å². The lowest BCUT2D eigenvalue weighted by molar-refractivity contribution is -0.910. The number of hydrogen-bond donors (Lipinski definition) is 1. The predicted octanol–water partition coefficient (Wildman–Crippen LogP) is -0.569. The quantitative estimate of drug-likeness (QED) is 0.784. The van der Waals surface area contributed by atoms with Crippen LogP contribution in [0, 0.1) is 6.92 Å². The Labute approximate surface area is 112 Å². The summed E-state index contributed by atoms with van der Waals surface area (Å²) < 4.78 is 1.87. The van der Waals surface area contributed by atoms with Crippen molar-refractivity contribution < 1.29 is 14.8 Å². The Morgan fingerprint density at radius 3 is 2.63 bits per heavy atom. The lowest BCUT2D eigenvalue weighted by atomic mass is 10.2. The molecule has 0 fully saturated rings. The summed E-state index contributed by atoms with van der Waals surface area (Å²) in [6.45, 7) is 8.69. The van der Waals surface area contributed by atoms with Gasteiger partial charge in [0, 0.05) is 6.20 Å². The first kappa shape index (κ1) is 13.5. The van der Waals surface area contributed by atoms with Gasteiger partial charge >= 0.3 is 0 Å². The number of nitrogens with one attached hydrogen (secondary N) is 1. The van der Waals surface area contributed by atoms with Gasteiger partial charge in [0.05, 0.1) is 19.1 Å². The Bertz CT molecular complexity index is 600. The molecular weight excluding hydrogens is 242 g/mol. The number of carboxylic acid groups (broad SMARTS) is 1. The summed E-state index contributed by atoms with van der Waals surface area (Å²) in [4.78, 5) is 16.7. The van der Waals surface area contributed by atoms with Crippen LogP contribution in [0.2, 0.25) is 0 Å². The maximum absolute atomic E-state index is 11.2. The predicted molar refractivity (Wildman–Crippen MR) is 70.0 cm³/mol. The number of carboxylic acids is 1. The summed E-state index contributed by atoms with van der Waals surface area (Å²) in [5.41, 5.74) is 2.51. The molecule has 0 aromatic carbocycles. The van der Waals surface area contributed by atoms with E-state index in [4.69, 9.17) is 0 Å². The summed E-state index contributed by atoms with van der Waals surface area (Å²) >= 11 is 0. The number of carbonyl (C=O) groups is 1. The normalized spacial score (nSPS) is 11.4. The summed E-state index contributed by atoms with van der Waals surface area (Å²) in [5.74, 6) is -1.21. The molecule has 0 saturated heterocycles. The van der Waals surface area contributed by atoms with Gasteiger partial charge in [0.25, 0.3) is 0 Å². The Balaban J connectivity index is 2.56. The molecule has 1 N–H and O–H groups in total. The molecule has 19 heavy (non-hydrogen) atoms. The molecule has 0 aliphatic carbocycles. The highest BCUT2D eigenvalue weighted by atomic mass is 16.4. The van der Waals surface area contributed by atoms with Gasteiger partial charge in [0.1, 0.15) is 23.6 Å². The first-order valence-corrected chi connectivity index (χ1v) is 6.59. The fourth-order valence-electron chi connectivity index (χ4n) is 2.27. The Morgan fingerprint density at radius 1 is 1.37 bits per heavy atom. The van der Waals surface area contributed by atoms with Gasteiger partial charge in [-0.3, -0.25) is 4.40 Å². The summed E-state index contributed by atoms with van der Waals surface area (Å²) in [6.07, 6.45) is 1.92. The van der Waals surface area contributed by atoms with Crippen molar-refractivity contribution in [2.75, 3.05) is 13.1 Å². The van der Waals surface area contributed by atoms with Gasteiger partial charge in [-0.25, -0.2) is 4.98 Å². The molecule has 5 nitrogen and oxygen atoms in total. The fourth-order valence-corrected chi connectivity index (χ4v) is 2.27. The van der Waals surface area contributed by atoms with E-state index in [0.717, 1.165) is 24.3 Å². The highest BCUT2D eigenvalue weighted by Gasteiger charge is 2.17. The van der Waals surface area contributed by atoms with Crippen LogP contribution in [0.1, 0.15) is 35.6 Å². The molecule has 0 saturated carbocycles. The molecule has 0 aliphatic heterocycles. The van der Waals surface area contributed by atoms with E-state index in [-0.39, 0.29) is 5.69 Å². The smallest absolute Gasteiger partial charge is 0.137 e. The molecule has 2 aromatic rings. The van der Waals surface area contributed by atoms with E-state index in [1.54, 1.807) is 0 Å². The van der Waals surface area contributed by atoms with Crippen LogP contribution in [0.25, 0.3) is 5.65 Å². The standard InChI is InChI=1S/C14H19N3O2/c1-4-16(5-2)9-11-13(14(18)19)15-12-7-6-10(3)8-17(11)12/h6-8H,4-5,9H2,1-3H3,(H,18,19). The van der Waals surface area contributed by atoms with Crippen LogP contribution >= 0.6 is 0 Å². The lowest BCUT2D eigenvalue weighted by Crippen LogP contribution is -3.10. The Morgan fingerprint density at radius 2 is 2.05 bits per heavy atom. The molecule has 0 bridgehead atoms. The third kappa shape index (κ3) is 2.61.